The quantitative estimate of drug-likeness (QED) is 0.907. The van der Waals surface area contributed by atoms with Crippen molar-refractivity contribution in [3.8, 4) is 0 Å². The average Bonchev–Trinajstić information content (AvgIpc) is 2.74. The standard InChI is InChI=1S/C16H14N2O2/c1-18-14-8-7-13(9-12(14)10-15(18)19)17-16(20)11-5-3-2-4-6-11/h2-9H,10H2,1H3,(H,17,20). The SMILES string of the molecule is CN1C(=O)Cc2cc(NC(=O)c3ccccc3)ccc21. The fourth-order valence-corrected chi connectivity index (χ4v) is 2.34. The lowest BCUT2D eigenvalue weighted by Crippen LogP contribution is -2.20. The summed E-state index contributed by atoms with van der Waals surface area (Å²) in [6.07, 6.45) is 0.390. The number of nitrogens with zero attached hydrogens (tertiary/aromatic N) is 1. The predicted molar refractivity (Wildman–Crippen MR) is 78.0 cm³/mol. The van der Waals surface area contributed by atoms with E-state index in [0.29, 0.717) is 17.7 Å². The molecule has 0 saturated heterocycles. The molecule has 0 radical (unpaired) electrons. The lowest BCUT2D eigenvalue weighted by molar-refractivity contribution is -0.117. The van der Waals surface area contributed by atoms with E-state index >= 15 is 0 Å². The van der Waals surface area contributed by atoms with Gasteiger partial charge in [-0.15, -0.1) is 0 Å². The molecular weight excluding hydrogens is 252 g/mol. The van der Waals surface area contributed by atoms with Crippen LogP contribution in [0.15, 0.2) is 48.5 Å². The second-order valence-corrected chi connectivity index (χ2v) is 4.79. The maximum atomic E-state index is 12.1. The van der Waals surface area contributed by atoms with Gasteiger partial charge in [-0.05, 0) is 35.9 Å². The Morgan fingerprint density at radius 2 is 1.90 bits per heavy atom. The third-order valence-corrected chi connectivity index (χ3v) is 3.45. The first-order valence-electron chi connectivity index (χ1n) is 6.41. The Kier molecular flexibility index (Phi) is 2.99. The van der Waals surface area contributed by atoms with Crippen molar-refractivity contribution in [2.75, 3.05) is 17.3 Å². The van der Waals surface area contributed by atoms with Gasteiger partial charge < -0.3 is 10.2 Å². The van der Waals surface area contributed by atoms with Gasteiger partial charge in [0.1, 0.15) is 0 Å². The number of anilines is 2. The van der Waals surface area contributed by atoms with Crippen molar-refractivity contribution in [1.29, 1.82) is 0 Å². The minimum Gasteiger partial charge on any atom is -0.322 e. The molecule has 4 heteroatoms. The second kappa shape index (κ2) is 4.81. The molecule has 2 amide bonds. The molecule has 0 spiro atoms. The number of carbonyl (C=O) groups is 2. The van der Waals surface area contributed by atoms with Crippen LogP contribution in [0.25, 0.3) is 0 Å². The Morgan fingerprint density at radius 1 is 1.15 bits per heavy atom. The predicted octanol–water partition coefficient (Wildman–Crippen LogP) is 2.46. The van der Waals surface area contributed by atoms with Crippen LogP contribution in [0.4, 0.5) is 11.4 Å². The molecule has 0 atom stereocenters. The summed E-state index contributed by atoms with van der Waals surface area (Å²) in [7, 11) is 1.76. The van der Waals surface area contributed by atoms with Crippen molar-refractivity contribution < 1.29 is 9.59 Å². The highest BCUT2D eigenvalue weighted by Crippen LogP contribution is 2.30. The molecule has 0 bridgehead atoms. The van der Waals surface area contributed by atoms with Crippen molar-refractivity contribution in [2.24, 2.45) is 0 Å². The molecule has 0 saturated carbocycles. The minimum absolute atomic E-state index is 0.0755. The van der Waals surface area contributed by atoms with Crippen LogP contribution in [0.1, 0.15) is 15.9 Å². The van der Waals surface area contributed by atoms with Crippen molar-refractivity contribution >= 4 is 23.2 Å². The van der Waals surface area contributed by atoms with Crippen LogP contribution >= 0.6 is 0 Å². The van der Waals surface area contributed by atoms with Gasteiger partial charge >= 0.3 is 0 Å². The molecule has 100 valence electrons. The zero-order valence-electron chi connectivity index (χ0n) is 11.1. The Labute approximate surface area is 117 Å². The van der Waals surface area contributed by atoms with Crippen LogP contribution in [0.3, 0.4) is 0 Å². The number of carbonyl (C=O) groups excluding carboxylic acids is 2. The van der Waals surface area contributed by atoms with Crippen LogP contribution in [-0.2, 0) is 11.2 Å². The van der Waals surface area contributed by atoms with Crippen molar-refractivity contribution in [3.05, 3.63) is 59.7 Å². The normalized spacial score (nSPS) is 13.2. The van der Waals surface area contributed by atoms with Crippen LogP contribution in [0.2, 0.25) is 0 Å². The summed E-state index contributed by atoms with van der Waals surface area (Å²) >= 11 is 0. The number of benzene rings is 2. The maximum absolute atomic E-state index is 12.1. The minimum atomic E-state index is -0.150. The zero-order valence-corrected chi connectivity index (χ0v) is 11.1. The van der Waals surface area contributed by atoms with E-state index in [-0.39, 0.29) is 11.8 Å². The highest BCUT2D eigenvalue weighted by atomic mass is 16.2. The molecule has 0 fully saturated rings. The molecule has 20 heavy (non-hydrogen) atoms. The molecule has 1 heterocycles. The second-order valence-electron chi connectivity index (χ2n) is 4.79. The fraction of sp³-hybridized carbons (Fsp3) is 0.125. The smallest absolute Gasteiger partial charge is 0.255 e. The molecule has 0 unspecified atom stereocenters. The fourth-order valence-electron chi connectivity index (χ4n) is 2.34. The van der Waals surface area contributed by atoms with E-state index in [4.69, 9.17) is 0 Å². The highest BCUT2D eigenvalue weighted by Gasteiger charge is 2.24. The number of amides is 2. The van der Waals surface area contributed by atoms with E-state index in [1.165, 1.54) is 0 Å². The van der Waals surface area contributed by atoms with Gasteiger partial charge in [0.15, 0.2) is 0 Å². The van der Waals surface area contributed by atoms with Crippen LogP contribution < -0.4 is 10.2 Å². The third kappa shape index (κ3) is 2.16. The Morgan fingerprint density at radius 3 is 2.65 bits per heavy atom. The highest BCUT2D eigenvalue weighted by molar-refractivity contribution is 6.05. The van der Waals surface area contributed by atoms with E-state index in [0.717, 1.165) is 11.3 Å². The van der Waals surface area contributed by atoms with Gasteiger partial charge in [0.25, 0.3) is 5.91 Å². The Bertz CT molecular complexity index is 680. The van der Waals surface area contributed by atoms with E-state index in [2.05, 4.69) is 5.32 Å². The van der Waals surface area contributed by atoms with Gasteiger partial charge in [0, 0.05) is 24.0 Å². The van der Waals surface area contributed by atoms with Gasteiger partial charge in [0.05, 0.1) is 6.42 Å². The number of hydrogen-bond acceptors (Lipinski definition) is 2. The zero-order chi connectivity index (χ0) is 14.1. The van der Waals surface area contributed by atoms with Gasteiger partial charge in [-0.2, -0.15) is 0 Å². The van der Waals surface area contributed by atoms with Gasteiger partial charge in [0.2, 0.25) is 5.91 Å². The molecule has 4 nitrogen and oxygen atoms in total. The molecule has 3 rings (SSSR count). The number of fused-ring (bicyclic) bond motifs is 1. The van der Waals surface area contributed by atoms with Crippen LogP contribution in [-0.4, -0.2) is 18.9 Å². The molecule has 0 aromatic heterocycles. The van der Waals surface area contributed by atoms with Gasteiger partial charge in [-0.1, -0.05) is 18.2 Å². The monoisotopic (exact) mass is 266 g/mol. The first-order chi connectivity index (χ1) is 9.65. The number of likely N-dealkylation sites (N-methyl/N-ethyl adjacent to an activating group) is 1. The van der Waals surface area contributed by atoms with Gasteiger partial charge in [-0.25, -0.2) is 0 Å². The molecule has 2 aromatic carbocycles. The number of hydrogen-bond donors (Lipinski definition) is 1. The van der Waals surface area contributed by atoms with Crippen molar-refractivity contribution in [2.45, 2.75) is 6.42 Å². The molecule has 1 aliphatic heterocycles. The first-order valence-corrected chi connectivity index (χ1v) is 6.41. The summed E-state index contributed by atoms with van der Waals surface area (Å²) in [5.41, 5.74) is 3.18. The van der Waals surface area contributed by atoms with E-state index < -0.39 is 0 Å². The van der Waals surface area contributed by atoms with Crippen molar-refractivity contribution in [3.63, 3.8) is 0 Å². The van der Waals surface area contributed by atoms with E-state index in [1.807, 2.05) is 36.4 Å². The Hall–Kier alpha value is -2.62. The van der Waals surface area contributed by atoms with Crippen molar-refractivity contribution in [1.82, 2.24) is 0 Å². The summed E-state index contributed by atoms with van der Waals surface area (Å²) < 4.78 is 0. The molecule has 1 aliphatic rings. The third-order valence-electron chi connectivity index (χ3n) is 3.45. The largest absolute Gasteiger partial charge is 0.322 e. The number of nitrogens with one attached hydrogen (secondary N) is 1. The van der Waals surface area contributed by atoms with Gasteiger partial charge in [-0.3, -0.25) is 9.59 Å². The molecule has 2 aromatic rings. The molecule has 0 aliphatic carbocycles. The Balaban J connectivity index is 1.82. The summed E-state index contributed by atoms with van der Waals surface area (Å²) in [5.74, 6) is -0.0743. The lowest BCUT2D eigenvalue weighted by Gasteiger charge is -2.11. The maximum Gasteiger partial charge on any atom is 0.255 e. The summed E-state index contributed by atoms with van der Waals surface area (Å²) in [6.45, 7) is 0. The first kappa shape index (κ1) is 12.4. The van der Waals surface area contributed by atoms with E-state index in [1.54, 1.807) is 24.1 Å². The lowest BCUT2D eigenvalue weighted by atomic mass is 10.1. The molecule has 1 N–H and O–H groups in total. The topological polar surface area (TPSA) is 49.4 Å². The van der Waals surface area contributed by atoms with Crippen LogP contribution in [0.5, 0.6) is 0 Å². The summed E-state index contributed by atoms with van der Waals surface area (Å²) in [4.78, 5) is 25.3. The van der Waals surface area contributed by atoms with Crippen LogP contribution in [0, 0.1) is 0 Å². The average molecular weight is 266 g/mol. The summed E-state index contributed by atoms with van der Waals surface area (Å²) in [6, 6.07) is 14.6. The summed E-state index contributed by atoms with van der Waals surface area (Å²) in [5, 5.41) is 2.85. The number of rotatable bonds is 2. The van der Waals surface area contributed by atoms with E-state index in [9.17, 15) is 9.59 Å². The molecular formula is C16H14N2O2.